The van der Waals surface area contributed by atoms with Crippen molar-refractivity contribution >= 4 is 17.6 Å². The van der Waals surface area contributed by atoms with E-state index in [2.05, 4.69) is 0 Å². The SMILES string of the molecule is Cc1cc(O)c(C(=O)OC(C)C)c(C)c1CCCl. The molecule has 0 bridgehead atoms. The van der Waals surface area contributed by atoms with Gasteiger partial charge in [-0.15, -0.1) is 11.6 Å². The largest absolute Gasteiger partial charge is 0.507 e. The molecule has 18 heavy (non-hydrogen) atoms. The Morgan fingerprint density at radius 1 is 1.44 bits per heavy atom. The van der Waals surface area contributed by atoms with Crippen molar-refractivity contribution < 1.29 is 14.6 Å². The third-order valence-corrected chi connectivity index (χ3v) is 2.99. The van der Waals surface area contributed by atoms with E-state index in [1.165, 1.54) is 0 Å². The Balaban J connectivity index is 3.26. The van der Waals surface area contributed by atoms with Gasteiger partial charge in [-0.3, -0.25) is 0 Å². The van der Waals surface area contributed by atoms with Gasteiger partial charge in [0, 0.05) is 5.88 Å². The summed E-state index contributed by atoms with van der Waals surface area (Å²) in [5, 5.41) is 9.91. The van der Waals surface area contributed by atoms with Crippen LogP contribution >= 0.6 is 11.6 Å². The van der Waals surface area contributed by atoms with Crippen LogP contribution in [0.1, 0.15) is 40.9 Å². The Kier molecular flexibility index (Phi) is 5.03. The Morgan fingerprint density at radius 3 is 2.56 bits per heavy atom. The molecule has 0 unspecified atom stereocenters. The zero-order valence-corrected chi connectivity index (χ0v) is 12.0. The van der Waals surface area contributed by atoms with Gasteiger partial charge in [0.25, 0.3) is 0 Å². The van der Waals surface area contributed by atoms with Crippen LogP contribution < -0.4 is 0 Å². The molecular formula is C14H19ClO3. The molecule has 0 amide bonds. The second kappa shape index (κ2) is 6.10. The highest BCUT2D eigenvalue weighted by Crippen LogP contribution is 2.29. The first-order valence-corrected chi connectivity index (χ1v) is 6.50. The van der Waals surface area contributed by atoms with E-state index < -0.39 is 5.97 Å². The number of carbonyl (C=O) groups is 1. The maximum absolute atomic E-state index is 11.9. The van der Waals surface area contributed by atoms with Gasteiger partial charge in [0.05, 0.1) is 6.10 Å². The molecule has 0 aliphatic heterocycles. The molecule has 0 aliphatic carbocycles. The number of benzene rings is 1. The van der Waals surface area contributed by atoms with Crippen molar-refractivity contribution in [3.63, 3.8) is 0 Å². The van der Waals surface area contributed by atoms with E-state index in [1.807, 2.05) is 13.8 Å². The first-order chi connectivity index (χ1) is 8.38. The van der Waals surface area contributed by atoms with Gasteiger partial charge in [0.1, 0.15) is 11.3 Å². The molecule has 1 aromatic carbocycles. The highest BCUT2D eigenvalue weighted by Gasteiger charge is 2.20. The number of alkyl halides is 1. The van der Waals surface area contributed by atoms with Gasteiger partial charge in [-0.05, 0) is 56.9 Å². The molecule has 3 nitrogen and oxygen atoms in total. The Hall–Kier alpha value is -1.22. The lowest BCUT2D eigenvalue weighted by Crippen LogP contribution is -2.14. The molecule has 0 atom stereocenters. The lowest BCUT2D eigenvalue weighted by Gasteiger charge is -2.16. The summed E-state index contributed by atoms with van der Waals surface area (Å²) in [5.74, 6) is -0.0460. The smallest absolute Gasteiger partial charge is 0.342 e. The molecule has 0 spiro atoms. The Bertz CT molecular complexity index is 453. The number of aromatic hydroxyl groups is 1. The molecule has 4 heteroatoms. The second-order valence-electron chi connectivity index (χ2n) is 4.58. The lowest BCUT2D eigenvalue weighted by molar-refractivity contribution is 0.0373. The van der Waals surface area contributed by atoms with Gasteiger partial charge in [0.2, 0.25) is 0 Å². The first-order valence-electron chi connectivity index (χ1n) is 5.97. The highest BCUT2D eigenvalue weighted by atomic mass is 35.5. The van der Waals surface area contributed by atoms with Crippen LogP contribution in [-0.2, 0) is 11.2 Å². The summed E-state index contributed by atoms with van der Waals surface area (Å²) < 4.78 is 5.14. The van der Waals surface area contributed by atoms with E-state index in [0.29, 0.717) is 12.3 Å². The second-order valence-corrected chi connectivity index (χ2v) is 4.96. The molecule has 1 rings (SSSR count). The minimum atomic E-state index is -0.490. The third-order valence-electron chi connectivity index (χ3n) is 2.80. The summed E-state index contributed by atoms with van der Waals surface area (Å²) in [5.41, 5.74) is 2.93. The van der Waals surface area contributed by atoms with Gasteiger partial charge < -0.3 is 9.84 Å². The van der Waals surface area contributed by atoms with Crippen LogP contribution in [0.4, 0.5) is 0 Å². The van der Waals surface area contributed by atoms with Gasteiger partial charge in [0.15, 0.2) is 0 Å². The van der Waals surface area contributed by atoms with Crippen LogP contribution in [0.15, 0.2) is 6.07 Å². The van der Waals surface area contributed by atoms with E-state index in [4.69, 9.17) is 16.3 Å². The summed E-state index contributed by atoms with van der Waals surface area (Å²) >= 11 is 5.76. The summed E-state index contributed by atoms with van der Waals surface area (Å²) in [4.78, 5) is 11.9. The summed E-state index contributed by atoms with van der Waals surface area (Å²) in [6.07, 6.45) is 0.454. The summed E-state index contributed by atoms with van der Waals surface area (Å²) in [6, 6.07) is 1.59. The number of phenols is 1. The minimum Gasteiger partial charge on any atom is -0.507 e. The van der Waals surface area contributed by atoms with Crippen LogP contribution in [0.25, 0.3) is 0 Å². The zero-order chi connectivity index (χ0) is 13.9. The fourth-order valence-electron chi connectivity index (χ4n) is 2.01. The van der Waals surface area contributed by atoms with E-state index in [0.717, 1.165) is 16.7 Å². The molecule has 100 valence electrons. The molecule has 0 fully saturated rings. The number of esters is 1. The number of phenolic OH excluding ortho intramolecular Hbond substituents is 1. The van der Waals surface area contributed by atoms with Crippen molar-refractivity contribution in [2.45, 2.75) is 40.2 Å². The van der Waals surface area contributed by atoms with Crippen LogP contribution in [0.3, 0.4) is 0 Å². The van der Waals surface area contributed by atoms with Crippen molar-refractivity contribution in [1.82, 2.24) is 0 Å². The van der Waals surface area contributed by atoms with Gasteiger partial charge in [-0.2, -0.15) is 0 Å². The molecule has 1 N–H and O–H groups in total. The average Bonchev–Trinajstić information content (AvgIpc) is 2.22. The summed E-state index contributed by atoms with van der Waals surface area (Å²) in [7, 11) is 0. The van der Waals surface area contributed by atoms with Gasteiger partial charge in [-0.1, -0.05) is 0 Å². The number of rotatable bonds is 4. The monoisotopic (exact) mass is 270 g/mol. The minimum absolute atomic E-state index is 0.0334. The maximum Gasteiger partial charge on any atom is 0.342 e. The van der Waals surface area contributed by atoms with Crippen molar-refractivity contribution in [3.05, 3.63) is 28.3 Å². The number of ether oxygens (including phenoxy) is 1. The molecule has 0 heterocycles. The molecule has 0 saturated carbocycles. The fourth-order valence-corrected chi connectivity index (χ4v) is 2.20. The predicted molar refractivity (Wildman–Crippen MR) is 72.6 cm³/mol. The van der Waals surface area contributed by atoms with E-state index in [9.17, 15) is 9.90 Å². The highest BCUT2D eigenvalue weighted by molar-refractivity contribution is 6.18. The number of hydrogen-bond donors (Lipinski definition) is 1. The van der Waals surface area contributed by atoms with Crippen LogP contribution in [-0.4, -0.2) is 23.1 Å². The Morgan fingerprint density at radius 2 is 2.06 bits per heavy atom. The lowest BCUT2D eigenvalue weighted by atomic mass is 9.95. The van der Waals surface area contributed by atoms with Crippen molar-refractivity contribution in [3.8, 4) is 5.75 Å². The zero-order valence-electron chi connectivity index (χ0n) is 11.2. The molecule has 1 aromatic rings. The third kappa shape index (κ3) is 3.16. The van der Waals surface area contributed by atoms with Crippen molar-refractivity contribution in [2.24, 2.45) is 0 Å². The standard InChI is InChI=1S/C14H19ClO3/c1-8(2)18-14(17)13-10(4)11(5-6-15)9(3)7-12(13)16/h7-8,16H,5-6H2,1-4H3. The van der Waals surface area contributed by atoms with E-state index in [1.54, 1.807) is 19.9 Å². The molecule has 0 saturated heterocycles. The van der Waals surface area contributed by atoms with Crippen LogP contribution in [0.5, 0.6) is 5.75 Å². The van der Waals surface area contributed by atoms with E-state index >= 15 is 0 Å². The topological polar surface area (TPSA) is 46.5 Å². The van der Waals surface area contributed by atoms with E-state index in [-0.39, 0.29) is 17.4 Å². The fraction of sp³-hybridized carbons (Fsp3) is 0.500. The normalized spacial score (nSPS) is 10.8. The predicted octanol–water partition coefficient (Wildman–Crippen LogP) is 3.36. The van der Waals surface area contributed by atoms with Gasteiger partial charge in [-0.25, -0.2) is 4.79 Å². The molecule has 0 aliphatic rings. The van der Waals surface area contributed by atoms with Crippen molar-refractivity contribution in [1.29, 1.82) is 0 Å². The average molecular weight is 271 g/mol. The molecular weight excluding hydrogens is 252 g/mol. The number of aryl methyl sites for hydroxylation is 1. The maximum atomic E-state index is 11.9. The summed E-state index contributed by atoms with van der Waals surface area (Å²) in [6.45, 7) is 7.26. The quantitative estimate of drug-likeness (QED) is 0.674. The molecule has 0 aromatic heterocycles. The molecule has 0 radical (unpaired) electrons. The van der Waals surface area contributed by atoms with Crippen molar-refractivity contribution in [2.75, 3.05) is 5.88 Å². The van der Waals surface area contributed by atoms with Crippen LogP contribution in [0, 0.1) is 13.8 Å². The number of halogens is 1. The Labute approximate surface area is 113 Å². The number of carbonyl (C=O) groups excluding carboxylic acids is 1. The van der Waals surface area contributed by atoms with Gasteiger partial charge >= 0.3 is 5.97 Å². The number of hydrogen-bond acceptors (Lipinski definition) is 3. The van der Waals surface area contributed by atoms with Crippen LogP contribution in [0.2, 0.25) is 0 Å². The first kappa shape index (κ1) is 14.8.